The van der Waals surface area contributed by atoms with Crippen LogP contribution in [-0.4, -0.2) is 17.5 Å². The number of fused-ring (bicyclic) bond motifs is 1. The normalized spacial score (nSPS) is 11.5. The second-order valence-corrected chi connectivity index (χ2v) is 9.00. The van der Waals surface area contributed by atoms with Crippen molar-refractivity contribution in [1.29, 1.82) is 0 Å². The predicted molar refractivity (Wildman–Crippen MR) is 134 cm³/mol. The summed E-state index contributed by atoms with van der Waals surface area (Å²) >= 11 is 1.60. The highest BCUT2D eigenvalue weighted by atomic mass is 32.2. The molecule has 0 saturated carbocycles. The Kier molecular flexibility index (Phi) is 7.60. The molecule has 1 aromatic heterocycles. The standard InChI is InChI=1S/C28H25NO4S/c1-3-4-8-25(29-33-19(2)30)20-10-14-23(15-11-20)34-24-16-12-21(13-17-24)28(31)27-18-22-7-5-6-9-26(22)32-27/h5-7,9-18H,3-4,8H2,1-2H3/b29-25-. The van der Waals surface area contributed by atoms with E-state index in [-0.39, 0.29) is 5.78 Å². The van der Waals surface area contributed by atoms with Crippen LogP contribution in [0.2, 0.25) is 0 Å². The molecule has 0 aliphatic carbocycles. The summed E-state index contributed by atoms with van der Waals surface area (Å²) in [5.41, 5.74) is 2.99. The maximum Gasteiger partial charge on any atom is 0.331 e. The van der Waals surface area contributed by atoms with Crippen LogP contribution < -0.4 is 0 Å². The van der Waals surface area contributed by atoms with Gasteiger partial charge in [-0.2, -0.15) is 0 Å². The molecule has 0 fully saturated rings. The molecular weight excluding hydrogens is 446 g/mol. The van der Waals surface area contributed by atoms with Crippen molar-refractivity contribution in [2.75, 3.05) is 0 Å². The maximum absolute atomic E-state index is 12.8. The van der Waals surface area contributed by atoms with Crippen LogP contribution in [0.25, 0.3) is 11.0 Å². The Bertz CT molecular complexity index is 1290. The van der Waals surface area contributed by atoms with Gasteiger partial charge in [-0.15, -0.1) is 0 Å². The third-order valence-electron chi connectivity index (χ3n) is 5.24. The van der Waals surface area contributed by atoms with Crippen molar-refractivity contribution in [2.24, 2.45) is 5.16 Å². The summed E-state index contributed by atoms with van der Waals surface area (Å²) in [6.45, 7) is 3.45. The van der Waals surface area contributed by atoms with Gasteiger partial charge in [-0.25, -0.2) is 4.79 Å². The summed E-state index contributed by atoms with van der Waals surface area (Å²) in [5.74, 6) is -0.223. The number of nitrogens with zero attached hydrogens (tertiary/aromatic N) is 1. The highest BCUT2D eigenvalue weighted by Gasteiger charge is 2.14. The van der Waals surface area contributed by atoms with Gasteiger partial charge in [0, 0.05) is 27.7 Å². The van der Waals surface area contributed by atoms with Gasteiger partial charge in [0.15, 0.2) is 5.76 Å². The van der Waals surface area contributed by atoms with Gasteiger partial charge in [0.05, 0.1) is 5.71 Å². The lowest BCUT2D eigenvalue weighted by atomic mass is 10.1. The summed E-state index contributed by atoms with van der Waals surface area (Å²) in [5, 5.41) is 4.94. The fourth-order valence-corrected chi connectivity index (χ4v) is 4.28. The van der Waals surface area contributed by atoms with Crippen LogP contribution in [-0.2, 0) is 9.63 Å². The fourth-order valence-electron chi connectivity index (χ4n) is 3.47. The van der Waals surface area contributed by atoms with Crippen LogP contribution in [0.3, 0.4) is 0 Å². The van der Waals surface area contributed by atoms with Crippen molar-refractivity contribution in [3.63, 3.8) is 0 Å². The Morgan fingerprint density at radius 3 is 2.18 bits per heavy atom. The summed E-state index contributed by atoms with van der Waals surface area (Å²) in [4.78, 5) is 30.9. The molecule has 0 bridgehead atoms. The summed E-state index contributed by atoms with van der Waals surface area (Å²) in [6.07, 6.45) is 2.74. The van der Waals surface area contributed by atoms with Crippen LogP contribution >= 0.6 is 11.8 Å². The van der Waals surface area contributed by atoms with E-state index in [1.165, 1.54) is 6.92 Å². The summed E-state index contributed by atoms with van der Waals surface area (Å²) in [6, 6.07) is 24.9. The first kappa shape index (κ1) is 23.5. The number of para-hydroxylation sites is 1. The van der Waals surface area contributed by atoms with Gasteiger partial charge in [0.1, 0.15) is 5.58 Å². The zero-order chi connectivity index (χ0) is 23.9. The van der Waals surface area contributed by atoms with Crippen LogP contribution in [0.1, 0.15) is 54.8 Å². The number of hydrogen-bond acceptors (Lipinski definition) is 6. The second kappa shape index (κ2) is 11.0. The molecule has 172 valence electrons. The molecule has 5 nitrogen and oxygen atoms in total. The van der Waals surface area contributed by atoms with Gasteiger partial charge in [-0.1, -0.05) is 60.6 Å². The van der Waals surface area contributed by atoms with E-state index >= 15 is 0 Å². The number of furan rings is 1. The van der Waals surface area contributed by atoms with E-state index in [1.54, 1.807) is 17.8 Å². The molecule has 0 N–H and O–H groups in total. The summed E-state index contributed by atoms with van der Waals surface area (Å²) < 4.78 is 5.70. The van der Waals surface area contributed by atoms with Crippen molar-refractivity contribution < 1.29 is 18.8 Å². The molecule has 4 rings (SSSR count). The van der Waals surface area contributed by atoms with E-state index < -0.39 is 5.97 Å². The lowest BCUT2D eigenvalue weighted by Crippen LogP contribution is -2.04. The predicted octanol–water partition coefficient (Wildman–Crippen LogP) is 7.27. The molecule has 4 aromatic rings. The van der Waals surface area contributed by atoms with Crippen LogP contribution in [0, 0.1) is 0 Å². The van der Waals surface area contributed by atoms with E-state index in [0.29, 0.717) is 16.9 Å². The first-order chi connectivity index (χ1) is 16.5. The van der Waals surface area contributed by atoms with E-state index in [0.717, 1.165) is 45.7 Å². The lowest BCUT2D eigenvalue weighted by Gasteiger charge is -2.07. The Morgan fingerprint density at radius 2 is 1.56 bits per heavy atom. The van der Waals surface area contributed by atoms with E-state index in [1.807, 2.05) is 72.8 Å². The maximum atomic E-state index is 12.8. The van der Waals surface area contributed by atoms with Gasteiger partial charge in [0.25, 0.3) is 0 Å². The zero-order valence-corrected chi connectivity index (χ0v) is 19.9. The van der Waals surface area contributed by atoms with Crippen LogP contribution in [0.15, 0.2) is 98.2 Å². The molecule has 0 amide bonds. The Hall–Kier alpha value is -3.64. The highest BCUT2D eigenvalue weighted by molar-refractivity contribution is 7.99. The topological polar surface area (TPSA) is 68.9 Å². The first-order valence-corrected chi connectivity index (χ1v) is 12.0. The average Bonchev–Trinajstić information content (AvgIpc) is 3.29. The van der Waals surface area contributed by atoms with Crippen LogP contribution in [0.5, 0.6) is 0 Å². The van der Waals surface area contributed by atoms with E-state index in [9.17, 15) is 9.59 Å². The molecule has 0 saturated heterocycles. The van der Waals surface area contributed by atoms with Crippen molar-refractivity contribution >= 4 is 40.2 Å². The molecule has 0 atom stereocenters. The molecular formula is C28H25NO4S. The Morgan fingerprint density at radius 1 is 0.912 bits per heavy atom. The average molecular weight is 472 g/mol. The van der Waals surface area contributed by atoms with Gasteiger partial charge in [-0.3, -0.25) is 4.79 Å². The monoisotopic (exact) mass is 471 g/mol. The number of rotatable bonds is 9. The smallest absolute Gasteiger partial charge is 0.331 e. The number of benzene rings is 3. The highest BCUT2D eigenvalue weighted by Crippen LogP contribution is 2.29. The largest absolute Gasteiger partial charge is 0.453 e. The zero-order valence-electron chi connectivity index (χ0n) is 19.1. The summed E-state index contributed by atoms with van der Waals surface area (Å²) in [7, 11) is 0. The van der Waals surface area contributed by atoms with Crippen molar-refractivity contribution in [3.05, 3.63) is 95.7 Å². The third kappa shape index (κ3) is 5.83. The van der Waals surface area contributed by atoms with E-state index in [4.69, 9.17) is 9.25 Å². The molecule has 0 spiro atoms. The number of carbonyl (C=O) groups excluding carboxylic acids is 2. The van der Waals surface area contributed by atoms with Crippen LogP contribution in [0.4, 0.5) is 0 Å². The number of hydrogen-bond donors (Lipinski definition) is 0. The first-order valence-electron chi connectivity index (χ1n) is 11.2. The minimum absolute atomic E-state index is 0.135. The van der Waals surface area contributed by atoms with Crippen molar-refractivity contribution in [1.82, 2.24) is 0 Å². The number of ketones is 1. The molecule has 0 aliphatic heterocycles. The number of carbonyl (C=O) groups is 2. The molecule has 0 unspecified atom stereocenters. The molecule has 3 aromatic carbocycles. The third-order valence-corrected chi connectivity index (χ3v) is 6.26. The van der Waals surface area contributed by atoms with Crippen molar-refractivity contribution in [2.45, 2.75) is 42.9 Å². The van der Waals surface area contributed by atoms with Gasteiger partial charge >= 0.3 is 5.97 Å². The van der Waals surface area contributed by atoms with Gasteiger partial charge in [-0.05, 0) is 66.9 Å². The molecule has 6 heteroatoms. The SMILES string of the molecule is CCCC/C(=N/OC(C)=O)c1ccc(Sc2ccc(C(=O)c3cc4ccccc4o3)cc2)cc1. The number of oxime groups is 1. The minimum Gasteiger partial charge on any atom is -0.453 e. The molecule has 0 radical (unpaired) electrons. The Labute approximate surface area is 202 Å². The second-order valence-electron chi connectivity index (χ2n) is 7.85. The minimum atomic E-state index is -0.427. The molecule has 34 heavy (non-hydrogen) atoms. The Balaban J connectivity index is 1.44. The van der Waals surface area contributed by atoms with Crippen molar-refractivity contribution in [3.8, 4) is 0 Å². The number of unbranched alkanes of at least 4 members (excludes halogenated alkanes) is 1. The molecule has 1 heterocycles. The fraction of sp³-hybridized carbons (Fsp3) is 0.179. The van der Waals surface area contributed by atoms with Gasteiger partial charge in [0.2, 0.25) is 5.78 Å². The van der Waals surface area contributed by atoms with E-state index in [2.05, 4.69) is 12.1 Å². The van der Waals surface area contributed by atoms with Gasteiger partial charge < -0.3 is 9.25 Å². The quantitative estimate of drug-likeness (QED) is 0.111. The molecule has 0 aliphatic rings. The lowest BCUT2D eigenvalue weighted by molar-refractivity contribution is -0.140.